The number of nitrogens with zero attached hydrogens (tertiary/aromatic N) is 1. The van der Waals surface area contributed by atoms with Crippen LogP contribution in [-0.4, -0.2) is 43.3 Å². The summed E-state index contributed by atoms with van der Waals surface area (Å²) in [5, 5.41) is 16.1. The maximum Gasteiger partial charge on any atom is 0.271 e. The number of nitro benzene ring substituents is 1. The molecule has 1 unspecified atom stereocenters. The van der Waals surface area contributed by atoms with Crippen molar-refractivity contribution in [2.24, 2.45) is 0 Å². The second kappa shape index (κ2) is 6.19. The monoisotopic (exact) mass is 313 g/mol. The number of rotatable bonds is 4. The molecule has 1 saturated heterocycles. The SMILES string of the molecule is O=C(CC1CS(=O)(=O)CCN1)Nc1cccc([N+](=O)[O-])c1. The fourth-order valence-corrected chi connectivity index (χ4v) is 3.58. The van der Waals surface area contributed by atoms with Crippen molar-refractivity contribution in [2.45, 2.75) is 12.5 Å². The van der Waals surface area contributed by atoms with E-state index in [4.69, 9.17) is 0 Å². The van der Waals surface area contributed by atoms with E-state index in [2.05, 4.69) is 10.6 Å². The van der Waals surface area contributed by atoms with Gasteiger partial charge in [-0.1, -0.05) is 6.07 Å². The number of hydrogen-bond acceptors (Lipinski definition) is 6. The average molecular weight is 313 g/mol. The number of non-ortho nitro benzene ring substituents is 1. The van der Waals surface area contributed by atoms with Gasteiger partial charge in [-0.3, -0.25) is 14.9 Å². The Morgan fingerprint density at radius 3 is 2.90 bits per heavy atom. The molecule has 1 fully saturated rings. The van der Waals surface area contributed by atoms with Gasteiger partial charge in [0.15, 0.2) is 9.84 Å². The minimum atomic E-state index is -3.10. The highest BCUT2D eigenvalue weighted by atomic mass is 32.2. The molecular weight excluding hydrogens is 298 g/mol. The molecule has 114 valence electrons. The molecule has 1 atom stereocenters. The maximum absolute atomic E-state index is 11.9. The smallest absolute Gasteiger partial charge is 0.271 e. The largest absolute Gasteiger partial charge is 0.326 e. The summed E-state index contributed by atoms with van der Waals surface area (Å²) in [5.41, 5.74) is 0.194. The summed E-state index contributed by atoms with van der Waals surface area (Å²) >= 11 is 0. The number of carbonyl (C=O) groups excluding carboxylic acids is 1. The molecule has 1 aromatic carbocycles. The standard InChI is InChI=1S/C12H15N3O5S/c16-12(7-10-8-21(19,20)5-4-13-10)14-9-2-1-3-11(6-9)15(17)18/h1-3,6,10,13H,4-5,7-8H2,(H,14,16). The number of anilines is 1. The van der Waals surface area contributed by atoms with E-state index in [1.54, 1.807) is 0 Å². The van der Waals surface area contributed by atoms with Gasteiger partial charge in [0.05, 0.1) is 16.4 Å². The first-order valence-corrected chi connectivity index (χ1v) is 8.16. The summed E-state index contributed by atoms with van der Waals surface area (Å²) in [5.74, 6) is -0.379. The van der Waals surface area contributed by atoms with E-state index < -0.39 is 20.8 Å². The van der Waals surface area contributed by atoms with E-state index in [0.29, 0.717) is 12.2 Å². The first-order chi connectivity index (χ1) is 9.85. The predicted octanol–water partition coefficient (Wildman–Crippen LogP) is 0.310. The Kier molecular flexibility index (Phi) is 4.53. The molecule has 1 heterocycles. The van der Waals surface area contributed by atoms with Gasteiger partial charge in [-0.2, -0.15) is 0 Å². The third-order valence-electron chi connectivity index (χ3n) is 3.07. The van der Waals surface area contributed by atoms with Gasteiger partial charge >= 0.3 is 0 Å². The Balaban J connectivity index is 1.95. The number of carbonyl (C=O) groups is 1. The minimum absolute atomic E-state index is 0.00191. The zero-order chi connectivity index (χ0) is 15.5. The van der Waals surface area contributed by atoms with Crippen molar-refractivity contribution >= 4 is 27.1 Å². The van der Waals surface area contributed by atoms with Crippen LogP contribution in [0.5, 0.6) is 0 Å². The van der Waals surface area contributed by atoms with Crippen LogP contribution in [0.1, 0.15) is 6.42 Å². The van der Waals surface area contributed by atoms with Crippen LogP contribution in [0.25, 0.3) is 0 Å². The van der Waals surface area contributed by atoms with Gasteiger partial charge in [-0.15, -0.1) is 0 Å². The highest BCUT2D eigenvalue weighted by Gasteiger charge is 2.26. The Morgan fingerprint density at radius 1 is 1.48 bits per heavy atom. The van der Waals surface area contributed by atoms with Crippen LogP contribution in [0.3, 0.4) is 0 Å². The van der Waals surface area contributed by atoms with Crippen LogP contribution in [0.2, 0.25) is 0 Å². The number of nitrogens with one attached hydrogen (secondary N) is 2. The van der Waals surface area contributed by atoms with E-state index in [0.717, 1.165) is 0 Å². The lowest BCUT2D eigenvalue weighted by molar-refractivity contribution is -0.384. The topological polar surface area (TPSA) is 118 Å². The van der Waals surface area contributed by atoms with Crippen LogP contribution < -0.4 is 10.6 Å². The molecule has 1 aliphatic heterocycles. The van der Waals surface area contributed by atoms with E-state index in [1.807, 2.05) is 0 Å². The lowest BCUT2D eigenvalue weighted by Crippen LogP contribution is -2.46. The summed E-state index contributed by atoms with van der Waals surface area (Å²) in [6.45, 7) is 0.330. The van der Waals surface area contributed by atoms with Gasteiger partial charge in [0.25, 0.3) is 5.69 Å². The molecule has 1 amide bonds. The Morgan fingerprint density at radius 2 is 2.24 bits per heavy atom. The van der Waals surface area contributed by atoms with Gasteiger partial charge in [-0.05, 0) is 6.07 Å². The quantitative estimate of drug-likeness (QED) is 0.610. The summed E-state index contributed by atoms with van der Waals surface area (Å²) in [7, 11) is -3.10. The third kappa shape index (κ3) is 4.50. The first-order valence-electron chi connectivity index (χ1n) is 6.34. The van der Waals surface area contributed by atoms with Crippen molar-refractivity contribution in [3.05, 3.63) is 34.4 Å². The molecule has 21 heavy (non-hydrogen) atoms. The summed E-state index contributed by atoms with van der Waals surface area (Å²) < 4.78 is 22.9. The number of benzene rings is 1. The number of nitro groups is 1. The Hall–Kier alpha value is -2.00. The first kappa shape index (κ1) is 15.4. The van der Waals surface area contributed by atoms with Crippen LogP contribution in [0, 0.1) is 10.1 Å². The minimum Gasteiger partial charge on any atom is -0.326 e. The van der Waals surface area contributed by atoms with Crippen molar-refractivity contribution in [2.75, 3.05) is 23.4 Å². The highest BCUT2D eigenvalue weighted by Crippen LogP contribution is 2.17. The van der Waals surface area contributed by atoms with Crippen LogP contribution in [0.4, 0.5) is 11.4 Å². The Labute approximate surface area is 121 Å². The number of hydrogen-bond donors (Lipinski definition) is 2. The molecule has 0 bridgehead atoms. The van der Waals surface area contributed by atoms with Gasteiger partial charge in [-0.25, -0.2) is 8.42 Å². The molecule has 1 aromatic rings. The molecule has 0 spiro atoms. The highest BCUT2D eigenvalue weighted by molar-refractivity contribution is 7.91. The van der Waals surface area contributed by atoms with Gasteiger partial charge < -0.3 is 10.6 Å². The van der Waals surface area contributed by atoms with Crippen molar-refractivity contribution < 1.29 is 18.1 Å². The molecule has 1 aliphatic rings. The summed E-state index contributed by atoms with van der Waals surface area (Å²) in [6.07, 6.45) is 0.00191. The zero-order valence-corrected chi connectivity index (χ0v) is 11.9. The van der Waals surface area contributed by atoms with Crippen molar-refractivity contribution in [3.8, 4) is 0 Å². The fraction of sp³-hybridized carbons (Fsp3) is 0.417. The number of sulfone groups is 1. The van der Waals surface area contributed by atoms with Crippen molar-refractivity contribution in [1.29, 1.82) is 0 Å². The molecule has 2 N–H and O–H groups in total. The van der Waals surface area contributed by atoms with E-state index in [1.165, 1.54) is 24.3 Å². The van der Waals surface area contributed by atoms with Gasteiger partial charge in [0.2, 0.25) is 5.91 Å². The van der Waals surface area contributed by atoms with Gasteiger partial charge in [0.1, 0.15) is 0 Å². The molecule has 9 heteroatoms. The lowest BCUT2D eigenvalue weighted by Gasteiger charge is -2.23. The predicted molar refractivity (Wildman–Crippen MR) is 76.8 cm³/mol. The average Bonchev–Trinajstić information content (AvgIpc) is 2.37. The van der Waals surface area contributed by atoms with E-state index >= 15 is 0 Å². The molecular formula is C12H15N3O5S. The normalized spacial score (nSPS) is 20.7. The maximum atomic E-state index is 11.9. The third-order valence-corrected chi connectivity index (χ3v) is 4.81. The molecule has 0 aliphatic carbocycles. The lowest BCUT2D eigenvalue weighted by atomic mass is 10.2. The van der Waals surface area contributed by atoms with Crippen molar-refractivity contribution in [3.63, 3.8) is 0 Å². The second-order valence-corrected chi connectivity index (χ2v) is 7.05. The molecule has 2 rings (SSSR count). The van der Waals surface area contributed by atoms with E-state index in [-0.39, 0.29) is 29.5 Å². The van der Waals surface area contributed by atoms with Crippen LogP contribution in [-0.2, 0) is 14.6 Å². The molecule has 8 nitrogen and oxygen atoms in total. The zero-order valence-electron chi connectivity index (χ0n) is 11.1. The van der Waals surface area contributed by atoms with Crippen LogP contribution in [0.15, 0.2) is 24.3 Å². The van der Waals surface area contributed by atoms with Crippen molar-refractivity contribution in [1.82, 2.24) is 5.32 Å². The van der Waals surface area contributed by atoms with E-state index in [9.17, 15) is 23.3 Å². The second-order valence-electron chi connectivity index (χ2n) is 4.83. The fourth-order valence-electron chi connectivity index (χ4n) is 2.13. The van der Waals surface area contributed by atoms with Gasteiger partial charge in [0, 0.05) is 36.8 Å². The summed E-state index contributed by atoms with van der Waals surface area (Å²) in [4.78, 5) is 21.9. The summed E-state index contributed by atoms with van der Waals surface area (Å²) in [6, 6.07) is 5.16. The Bertz CT molecular complexity index is 659. The number of amides is 1. The molecule has 0 radical (unpaired) electrons. The molecule has 0 saturated carbocycles. The van der Waals surface area contributed by atoms with Crippen LogP contribution >= 0.6 is 0 Å². The molecule has 0 aromatic heterocycles.